The van der Waals surface area contributed by atoms with Crippen molar-refractivity contribution in [2.24, 2.45) is 4.40 Å². The first-order valence-electron chi connectivity index (χ1n) is 6.18. The second-order valence-electron chi connectivity index (χ2n) is 5.41. The van der Waals surface area contributed by atoms with Crippen molar-refractivity contribution in [1.82, 2.24) is 0 Å². The van der Waals surface area contributed by atoms with Crippen LogP contribution in [-0.2, 0) is 0 Å². The van der Waals surface area contributed by atoms with E-state index in [2.05, 4.69) is 74.6 Å². The lowest BCUT2D eigenvalue weighted by molar-refractivity contribution is 0.804. The second kappa shape index (κ2) is 5.15. The number of benzene rings is 2. The summed E-state index contributed by atoms with van der Waals surface area (Å²) < 4.78 is 4.81. The van der Waals surface area contributed by atoms with Gasteiger partial charge in [0.25, 0.3) is 0 Å². The molecule has 0 atom stereocenters. The minimum atomic E-state index is 0.159. The van der Waals surface area contributed by atoms with Crippen molar-refractivity contribution in [3.63, 3.8) is 0 Å². The van der Waals surface area contributed by atoms with Gasteiger partial charge in [0.05, 0.1) is 5.71 Å². The summed E-state index contributed by atoms with van der Waals surface area (Å²) in [6, 6.07) is 14.8. The van der Waals surface area contributed by atoms with Gasteiger partial charge in [0.2, 0.25) is 0 Å². The van der Waals surface area contributed by atoms with Crippen LogP contribution < -0.4 is 0 Å². The average molecular weight is 257 g/mol. The van der Waals surface area contributed by atoms with E-state index >= 15 is 0 Å². The zero-order valence-electron chi connectivity index (χ0n) is 11.4. The maximum Gasteiger partial charge on any atom is 0.0534 e. The van der Waals surface area contributed by atoms with E-state index in [1.807, 2.05) is 0 Å². The van der Waals surface area contributed by atoms with Crippen molar-refractivity contribution in [1.29, 1.82) is 0 Å². The third-order valence-corrected chi connectivity index (χ3v) is 3.55. The normalized spacial score (nSPS) is 13.0. The minimum absolute atomic E-state index is 0.159. The molecular formula is C16H19NS. The van der Waals surface area contributed by atoms with Gasteiger partial charge < -0.3 is 0 Å². The highest BCUT2D eigenvalue weighted by Gasteiger charge is 2.11. The molecule has 0 unspecified atom stereocenters. The van der Waals surface area contributed by atoms with Crippen LogP contribution in [0.3, 0.4) is 0 Å². The van der Waals surface area contributed by atoms with Crippen LogP contribution in [-0.4, -0.2) is 10.5 Å². The Kier molecular flexibility index (Phi) is 3.76. The summed E-state index contributed by atoms with van der Waals surface area (Å²) in [5.74, 6) is 0. The van der Waals surface area contributed by atoms with E-state index < -0.39 is 0 Å². The summed E-state index contributed by atoms with van der Waals surface area (Å²) in [5, 5.41) is 2.54. The maximum atomic E-state index is 4.65. The van der Waals surface area contributed by atoms with Crippen LogP contribution >= 0.6 is 11.9 Å². The van der Waals surface area contributed by atoms with Gasteiger partial charge in [-0.05, 0) is 50.4 Å². The van der Waals surface area contributed by atoms with Crippen molar-refractivity contribution in [3.05, 3.63) is 48.0 Å². The minimum Gasteiger partial charge on any atom is -0.220 e. The van der Waals surface area contributed by atoms with Gasteiger partial charge in [-0.25, -0.2) is 4.40 Å². The molecule has 0 radical (unpaired) electrons. The Morgan fingerprint density at radius 3 is 2.39 bits per heavy atom. The van der Waals surface area contributed by atoms with Gasteiger partial charge in [0.1, 0.15) is 0 Å². The molecule has 0 fully saturated rings. The largest absolute Gasteiger partial charge is 0.220 e. The number of hydrogen-bond donors (Lipinski definition) is 0. The van der Waals surface area contributed by atoms with E-state index in [9.17, 15) is 0 Å². The topological polar surface area (TPSA) is 12.4 Å². The maximum absolute atomic E-state index is 4.65. The van der Waals surface area contributed by atoms with E-state index in [1.165, 1.54) is 16.3 Å². The van der Waals surface area contributed by atoms with Crippen molar-refractivity contribution in [2.45, 2.75) is 32.4 Å². The van der Waals surface area contributed by atoms with E-state index in [0.717, 1.165) is 5.71 Å². The molecule has 0 aromatic heterocycles. The van der Waals surface area contributed by atoms with Gasteiger partial charge >= 0.3 is 0 Å². The quantitative estimate of drug-likeness (QED) is 0.539. The van der Waals surface area contributed by atoms with E-state index in [1.54, 1.807) is 11.9 Å². The Hall–Kier alpha value is -1.28. The molecule has 18 heavy (non-hydrogen) atoms. The molecule has 0 saturated carbocycles. The van der Waals surface area contributed by atoms with Crippen molar-refractivity contribution in [3.8, 4) is 0 Å². The van der Waals surface area contributed by atoms with Crippen LogP contribution in [0.5, 0.6) is 0 Å². The van der Waals surface area contributed by atoms with Gasteiger partial charge in [-0.15, -0.1) is 0 Å². The van der Waals surface area contributed by atoms with E-state index in [4.69, 9.17) is 0 Å². The fourth-order valence-corrected chi connectivity index (χ4v) is 2.30. The highest BCUT2D eigenvalue weighted by molar-refractivity contribution is 7.99. The lowest BCUT2D eigenvalue weighted by Gasteiger charge is -2.14. The van der Waals surface area contributed by atoms with Gasteiger partial charge in [0, 0.05) is 10.3 Å². The molecule has 2 aromatic rings. The molecule has 2 rings (SSSR count). The van der Waals surface area contributed by atoms with E-state index in [-0.39, 0.29) is 4.75 Å². The second-order valence-corrected chi connectivity index (χ2v) is 7.00. The Bertz CT molecular complexity index is 574. The third-order valence-electron chi connectivity index (χ3n) is 2.64. The molecule has 0 amide bonds. The summed E-state index contributed by atoms with van der Waals surface area (Å²) in [7, 11) is 0. The molecule has 1 nitrogen and oxygen atoms in total. The SMILES string of the molecule is C/C(=N\SC(C)(C)C)c1cccc2ccccc12. The highest BCUT2D eigenvalue weighted by Crippen LogP contribution is 2.26. The summed E-state index contributed by atoms with van der Waals surface area (Å²) in [6.45, 7) is 8.62. The molecule has 0 aliphatic carbocycles. The monoisotopic (exact) mass is 257 g/mol. The molecule has 2 aromatic carbocycles. The Morgan fingerprint density at radius 2 is 1.67 bits per heavy atom. The first kappa shape index (κ1) is 13.2. The molecular weight excluding hydrogens is 238 g/mol. The number of hydrogen-bond acceptors (Lipinski definition) is 2. The van der Waals surface area contributed by atoms with Gasteiger partial charge in [-0.2, -0.15) is 0 Å². The first-order valence-corrected chi connectivity index (χ1v) is 6.96. The molecule has 0 heterocycles. The van der Waals surface area contributed by atoms with Gasteiger partial charge in [-0.1, -0.05) is 42.5 Å². The fraction of sp³-hybridized carbons (Fsp3) is 0.312. The van der Waals surface area contributed by atoms with Crippen LogP contribution in [0.25, 0.3) is 10.8 Å². The molecule has 0 saturated heterocycles. The van der Waals surface area contributed by atoms with Crippen molar-refractivity contribution < 1.29 is 0 Å². The third kappa shape index (κ3) is 3.14. The average Bonchev–Trinajstić information content (AvgIpc) is 2.34. The molecule has 0 aliphatic heterocycles. The molecule has 2 heteroatoms. The molecule has 0 N–H and O–H groups in total. The Labute approximate surface area is 113 Å². The van der Waals surface area contributed by atoms with Crippen LogP contribution in [0, 0.1) is 0 Å². The van der Waals surface area contributed by atoms with Crippen LogP contribution in [0.4, 0.5) is 0 Å². The summed E-state index contributed by atoms with van der Waals surface area (Å²) >= 11 is 1.63. The predicted molar refractivity (Wildman–Crippen MR) is 83.5 cm³/mol. The lowest BCUT2D eigenvalue weighted by Crippen LogP contribution is -2.06. The van der Waals surface area contributed by atoms with Crippen molar-refractivity contribution in [2.75, 3.05) is 0 Å². The predicted octanol–water partition coefficient (Wildman–Crippen LogP) is 5.10. The summed E-state index contributed by atoms with van der Waals surface area (Å²) in [6.07, 6.45) is 0. The van der Waals surface area contributed by atoms with Crippen LogP contribution in [0.15, 0.2) is 46.9 Å². The highest BCUT2D eigenvalue weighted by atomic mass is 32.2. The van der Waals surface area contributed by atoms with Crippen molar-refractivity contribution >= 4 is 28.4 Å². The van der Waals surface area contributed by atoms with Crippen LogP contribution in [0.2, 0.25) is 0 Å². The smallest absolute Gasteiger partial charge is 0.0534 e. The number of rotatable bonds is 2. The van der Waals surface area contributed by atoms with E-state index in [0.29, 0.717) is 0 Å². The number of fused-ring (bicyclic) bond motifs is 1. The Balaban J connectivity index is 2.42. The fourth-order valence-electron chi connectivity index (χ4n) is 1.80. The molecule has 0 bridgehead atoms. The lowest BCUT2D eigenvalue weighted by atomic mass is 10.0. The van der Waals surface area contributed by atoms with Gasteiger partial charge in [0.15, 0.2) is 0 Å². The Morgan fingerprint density at radius 1 is 1.00 bits per heavy atom. The van der Waals surface area contributed by atoms with Gasteiger partial charge in [-0.3, -0.25) is 0 Å². The molecule has 94 valence electrons. The van der Waals surface area contributed by atoms with Crippen LogP contribution in [0.1, 0.15) is 33.3 Å². The zero-order valence-corrected chi connectivity index (χ0v) is 12.2. The zero-order chi connectivity index (χ0) is 13.2. The standard InChI is InChI=1S/C16H19NS/c1-12(17-18-16(2,3)4)14-11-7-9-13-8-5-6-10-15(13)14/h5-11H,1-4H3/b17-12+. The summed E-state index contributed by atoms with van der Waals surface area (Å²) in [4.78, 5) is 0. The number of nitrogens with zero attached hydrogens (tertiary/aromatic N) is 1. The molecule has 0 spiro atoms. The molecule has 0 aliphatic rings. The summed E-state index contributed by atoms with van der Waals surface area (Å²) in [5.41, 5.74) is 2.32. The first-order chi connectivity index (χ1) is 8.47.